The van der Waals surface area contributed by atoms with Crippen LogP contribution in [-0.2, 0) is 0 Å². The maximum Gasteiger partial charge on any atom is 0.104 e. The van der Waals surface area contributed by atoms with Gasteiger partial charge in [0, 0.05) is 10.9 Å². The van der Waals surface area contributed by atoms with Crippen LogP contribution in [0.5, 0.6) is 0 Å². The summed E-state index contributed by atoms with van der Waals surface area (Å²) in [5.74, 6) is 0. The second-order valence-electron chi connectivity index (χ2n) is 4.39. The maximum atomic E-state index is 5.40. The van der Waals surface area contributed by atoms with Gasteiger partial charge in [0.05, 0.1) is 11.7 Å². The summed E-state index contributed by atoms with van der Waals surface area (Å²) < 4.78 is 1.82. The van der Waals surface area contributed by atoms with Crippen LogP contribution in [0.1, 0.15) is 5.56 Å². The number of fused-ring (bicyclic) bond motifs is 1. The van der Waals surface area contributed by atoms with E-state index in [9.17, 15) is 0 Å². The Kier molecular flexibility index (Phi) is 2.56. The van der Waals surface area contributed by atoms with Gasteiger partial charge in [-0.05, 0) is 24.1 Å². The van der Waals surface area contributed by atoms with Crippen LogP contribution in [0.15, 0.2) is 54.7 Å². The van der Waals surface area contributed by atoms with Crippen LogP contribution in [-0.4, -0.2) is 11.8 Å². The normalized spacial score (nSPS) is 10.8. The number of benzene rings is 2. The van der Waals surface area contributed by atoms with Gasteiger partial charge in [-0.15, -0.1) is 0 Å². The van der Waals surface area contributed by atoms with Crippen molar-refractivity contribution in [3.63, 3.8) is 0 Å². The lowest BCUT2D eigenvalue weighted by Gasteiger charge is -2.02. The fourth-order valence-corrected chi connectivity index (χ4v) is 2.43. The van der Waals surface area contributed by atoms with Crippen molar-refractivity contribution in [2.24, 2.45) is 0 Å². The molecule has 1 heterocycles. The van der Waals surface area contributed by atoms with Crippen molar-refractivity contribution < 1.29 is 4.84 Å². The monoisotopic (exact) mass is 237 g/mol. The van der Waals surface area contributed by atoms with Crippen LogP contribution >= 0.6 is 0 Å². The first kappa shape index (κ1) is 10.9. The Morgan fingerprint density at radius 1 is 0.944 bits per heavy atom. The molecule has 90 valence electrons. The second-order valence-corrected chi connectivity index (χ2v) is 4.39. The molecule has 2 heteroatoms. The number of aromatic nitrogens is 1. The van der Waals surface area contributed by atoms with Crippen molar-refractivity contribution in [2.75, 3.05) is 7.11 Å². The molecule has 0 saturated carbocycles. The van der Waals surface area contributed by atoms with Gasteiger partial charge in [0.1, 0.15) is 7.11 Å². The average molecular weight is 237 g/mol. The highest BCUT2D eigenvalue weighted by molar-refractivity contribution is 5.98. The predicted octanol–water partition coefficient (Wildman–Crippen LogP) is 3.68. The molecule has 0 atom stereocenters. The summed E-state index contributed by atoms with van der Waals surface area (Å²) in [6.07, 6.45) is 2.05. The van der Waals surface area contributed by atoms with E-state index in [1.54, 1.807) is 7.11 Å². The largest absolute Gasteiger partial charge is 0.417 e. The molecule has 0 unspecified atom stereocenters. The maximum absolute atomic E-state index is 5.40. The molecule has 3 aromatic rings. The van der Waals surface area contributed by atoms with Crippen molar-refractivity contribution in [3.05, 3.63) is 60.3 Å². The van der Waals surface area contributed by atoms with Crippen LogP contribution in [0.4, 0.5) is 0 Å². The summed E-state index contributed by atoms with van der Waals surface area (Å²) in [5.41, 5.74) is 4.80. The third kappa shape index (κ3) is 1.58. The van der Waals surface area contributed by atoms with Gasteiger partial charge in [-0.3, -0.25) is 0 Å². The van der Waals surface area contributed by atoms with Crippen LogP contribution in [0, 0.1) is 6.92 Å². The van der Waals surface area contributed by atoms with Gasteiger partial charge in [0.15, 0.2) is 0 Å². The SMILES string of the molecule is COn1cc(-c2ccccc2)c2c(C)cccc21. The van der Waals surface area contributed by atoms with Crippen molar-refractivity contribution in [1.82, 2.24) is 4.73 Å². The minimum Gasteiger partial charge on any atom is -0.417 e. The Balaban J connectivity index is 2.36. The highest BCUT2D eigenvalue weighted by atomic mass is 16.6. The molecule has 0 N–H and O–H groups in total. The van der Waals surface area contributed by atoms with E-state index in [4.69, 9.17) is 4.84 Å². The van der Waals surface area contributed by atoms with E-state index in [0.29, 0.717) is 0 Å². The molecule has 0 radical (unpaired) electrons. The number of nitrogens with zero attached hydrogens (tertiary/aromatic N) is 1. The van der Waals surface area contributed by atoms with Gasteiger partial charge in [0.25, 0.3) is 0 Å². The number of rotatable bonds is 2. The van der Waals surface area contributed by atoms with E-state index in [1.807, 2.05) is 17.0 Å². The molecule has 3 rings (SSSR count). The summed E-state index contributed by atoms with van der Waals surface area (Å²) >= 11 is 0. The number of hydrogen-bond donors (Lipinski definition) is 0. The Hall–Kier alpha value is -2.22. The van der Waals surface area contributed by atoms with Crippen molar-refractivity contribution >= 4 is 10.9 Å². The summed E-state index contributed by atoms with van der Waals surface area (Å²) in [5, 5.41) is 1.26. The number of aryl methyl sites for hydroxylation is 1. The van der Waals surface area contributed by atoms with E-state index >= 15 is 0 Å². The van der Waals surface area contributed by atoms with Crippen LogP contribution in [0.2, 0.25) is 0 Å². The first-order valence-electron chi connectivity index (χ1n) is 6.02. The molecule has 2 aromatic carbocycles. The molecular weight excluding hydrogens is 222 g/mol. The Labute approximate surface area is 106 Å². The lowest BCUT2D eigenvalue weighted by Crippen LogP contribution is -2.02. The van der Waals surface area contributed by atoms with Crippen LogP contribution in [0.3, 0.4) is 0 Å². The quantitative estimate of drug-likeness (QED) is 0.663. The Morgan fingerprint density at radius 3 is 2.44 bits per heavy atom. The zero-order chi connectivity index (χ0) is 12.5. The van der Waals surface area contributed by atoms with Crippen LogP contribution in [0.25, 0.3) is 22.0 Å². The molecule has 0 aliphatic rings. The molecular formula is C16H15NO. The average Bonchev–Trinajstić information content (AvgIpc) is 2.80. The zero-order valence-corrected chi connectivity index (χ0v) is 10.6. The van der Waals surface area contributed by atoms with E-state index < -0.39 is 0 Å². The molecule has 2 nitrogen and oxygen atoms in total. The van der Waals surface area contributed by atoms with Crippen molar-refractivity contribution in [3.8, 4) is 11.1 Å². The predicted molar refractivity (Wildman–Crippen MR) is 74.6 cm³/mol. The summed E-state index contributed by atoms with van der Waals surface area (Å²) in [6, 6.07) is 16.7. The van der Waals surface area contributed by atoms with Gasteiger partial charge < -0.3 is 4.84 Å². The molecule has 1 aromatic heterocycles. The summed E-state index contributed by atoms with van der Waals surface area (Å²) in [4.78, 5) is 5.40. The standard InChI is InChI=1S/C16H15NO/c1-12-7-6-10-15-16(12)14(11-17(15)18-2)13-8-4-3-5-9-13/h3-11H,1-2H3. The zero-order valence-electron chi connectivity index (χ0n) is 10.6. The fraction of sp³-hybridized carbons (Fsp3) is 0.125. The highest BCUT2D eigenvalue weighted by Gasteiger charge is 2.11. The molecule has 0 fully saturated rings. The summed E-state index contributed by atoms with van der Waals surface area (Å²) in [6.45, 7) is 2.13. The smallest absolute Gasteiger partial charge is 0.104 e. The molecule has 0 aliphatic heterocycles. The molecule has 0 bridgehead atoms. The van der Waals surface area contributed by atoms with Crippen LogP contribution < -0.4 is 4.84 Å². The van der Waals surface area contributed by atoms with E-state index in [0.717, 1.165) is 5.52 Å². The number of hydrogen-bond acceptors (Lipinski definition) is 1. The first-order chi connectivity index (χ1) is 8.81. The molecule has 0 spiro atoms. The van der Waals surface area contributed by atoms with E-state index in [2.05, 4.69) is 49.4 Å². The highest BCUT2D eigenvalue weighted by Crippen LogP contribution is 2.32. The lowest BCUT2D eigenvalue weighted by molar-refractivity contribution is 0.179. The van der Waals surface area contributed by atoms with Crippen molar-refractivity contribution in [1.29, 1.82) is 0 Å². The minimum atomic E-state index is 1.11. The van der Waals surface area contributed by atoms with Gasteiger partial charge >= 0.3 is 0 Å². The molecule has 0 amide bonds. The van der Waals surface area contributed by atoms with E-state index in [-0.39, 0.29) is 0 Å². The van der Waals surface area contributed by atoms with Crippen molar-refractivity contribution in [2.45, 2.75) is 6.92 Å². The molecule has 18 heavy (non-hydrogen) atoms. The third-order valence-electron chi connectivity index (χ3n) is 3.29. The summed E-state index contributed by atoms with van der Waals surface area (Å²) in [7, 11) is 1.69. The van der Waals surface area contributed by atoms with Gasteiger partial charge in [-0.25, -0.2) is 0 Å². The third-order valence-corrected chi connectivity index (χ3v) is 3.29. The lowest BCUT2D eigenvalue weighted by atomic mass is 10.0. The van der Waals surface area contributed by atoms with Gasteiger partial charge in [0.2, 0.25) is 0 Å². The Bertz CT molecular complexity index is 683. The molecule has 0 aliphatic carbocycles. The first-order valence-corrected chi connectivity index (χ1v) is 6.02. The fourth-order valence-electron chi connectivity index (χ4n) is 2.43. The van der Waals surface area contributed by atoms with E-state index in [1.165, 1.54) is 22.1 Å². The second kappa shape index (κ2) is 4.22. The molecule has 0 saturated heterocycles. The van der Waals surface area contributed by atoms with Gasteiger partial charge in [-0.1, -0.05) is 42.5 Å². The Morgan fingerprint density at radius 2 is 1.72 bits per heavy atom. The minimum absolute atomic E-state index is 1.11. The topological polar surface area (TPSA) is 14.2 Å². The van der Waals surface area contributed by atoms with Gasteiger partial charge in [-0.2, -0.15) is 4.73 Å².